The number of anilines is 1. The van der Waals surface area contributed by atoms with Gasteiger partial charge in [-0.15, -0.1) is 10.2 Å². The van der Waals surface area contributed by atoms with Crippen LogP contribution in [0, 0.1) is 12.3 Å². The Labute approximate surface area is 168 Å². The molecule has 2 aromatic rings. The van der Waals surface area contributed by atoms with Gasteiger partial charge in [-0.05, 0) is 50.2 Å². The fourth-order valence-corrected chi connectivity index (χ4v) is 4.10. The number of amides is 2. The molecular formula is C20H22ClN5O2. The molecule has 1 fully saturated rings. The summed E-state index contributed by atoms with van der Waals surface area (Å²) in [7, 11) is 0. The summed E-state index contributed by atoms with van der Waals surface area (Å²) < 4.78 is 0. The van der Waals surface area contributed by atoms with Gasteiger partial charge in [-0.1, -0.05) is 30.7 Å². The Balaban J connectivity index is 1.38. The second-order valence-electron chi connectivity index (χ2n) is 7.98. The zero-order chi connectivity index (χ0) is 19.9. The highest BCUT2D eigenvalue weighted by Gasteiger charge is 2.41. The number of aromatic nitrogens is 3. The molecule has 1 aromatic heterocycles. The average molecular weight is 400 g/mol. The molecule has 1 aliphatic carbocycles. The van der Waals surface area contributed by atoms with Crippen molar-refractivity contribution in [2.75, 3.05) is 11.9 Å². The lowest BCUT2D eigenvalue weighted by Crippen LogP contribution is -2.43. The molecule has 1 N–H and O–H groups in total. The number of imide groups is 1. The first-order valence-electron chi connectivity index (χ1n) is 9.45. The van der Waals surface area contributed by atoms with Crippen molar-refractivity contribution >= 4 is 29.4 Å². The summed E-state index contributed by atoms with van der Waals surface area (Å²) in [5.74, 6) is 0.118. The smallest absolute Gasteiger partial charge is 0.261 e. The predicted octanol–water partition coefficient (Wildman–Crippen LogP) is 3.49. The summed E-state index contributed by atoms with van der Waals surface area (Å²) in [6.45, 7) is 4.39. The molecule has 0 saturated heterocycles. The number of carbonyl (C=O) groups is 2. The summed E-state index contributed by atoms with van der Waals surface area (Å²) in [4.78, 5) is 31.0. The van der Waals surface area contributed by atoms with Crippen LogP contribution in [0.15, 0.2) is 24.3 Å². The summed E-state index contributed by atoms with van der Waals surface area (Å²) >= 11 is 5.88. The molecule has 28 heavy (non-hydrogen) atoms. The van der Waals surface area contributed by atoms with E-state index in [1.165, 1.54) is 4.90 Å². The van der Waals surface area contributed by atoms with Crippen LogP contribution in [-0.4, -0.2) is 44.5 Å². The molecule has 1 aliphatic heterocycles. The summed E-state index contributed by atoms with van der Waals surface area (Å²) in [6, 6.07) is 7.27. The van der Waals surface area contributed by atoms with Crippen molar-refractivity contribution in [1.29, 1.82) is 0 Å². The molecule has 2 aliphatic rings. The van der Waals surface area contributed by atoms with E-state index in [4.69, 9.17) is 11.6 Å². The molecule has 0 bridgehead atoms. The SMILES string of the molecule is Cc1nc(NC2CCC(C)(CN3C(=O)c4ccccc4C3=O)CC2)nnc1Cl. The van der Waals surface area contributed by atoms with Gasteiger partial charge in [-0.2, -0.15) is 0 Å². The minimum absolute atomic E-state index is 0.0967. The zero-order valence-electron chi connectivity index (χ0n) is 15.9. The van der Waals surface area contributed by atoms with Crippen LogP contribution in [0.2, 0.25) is 5.15 Å². The lowest BCUT2D eigenvalue weighted by molar-refractivity contribution is 0.0536. The molecule has 4 rings (SSSR count). The van der Waals surface area contributed by atoms with Crippen molar-refractivity contribution in [2.45, 2.75) is 45.6 Å². The molecule has 146 valence electrons. The Bertz CT molecular complexity index is 905. The molecule has 0 spiro atoms. The van der Waals surface area contributed by atoms with Crippen LogP contribution in [0.1, 0.15) is 59.0 Å². The van der Waals surface area contributed by atoms with E-state index in [9.17, 15) is 9.59 Å². The zero-order valence-corrected chi connectivity index (χ0v) is 16.7. The molecule has 0 unspecified atom stereocenters. The highest BCUT2D eigenvalue weighted by atomic mass is 35.5. The van der Waals surface area contributed by atoms with E-state index in [1.54, 1.807) is 31.2 Å². The second-order valence-corrected chi connectivity index (χ2v) is 8.34. The van der Waals surface area contributed by atoms with Crippen LogP contribution in [0.3, 0.4) is 0 Å². The number of hydrogen-bond acceptors (Lipinski definition) is 6. The van der Waals surface area contributed by atoms with Crippen molar-refractivity contribution in [1.82, 2.24) is 20.1 Å². The van der Waals surface area contributed by atoms with Crippen LogP contribution < -0.4 is 5.32 Å². The number of aryl methyl sites for hydroxylation is 1. The number of carbonyl (C=O) groups excluding carboxylic acids is 2. The summed E-state index contributed by atoms with van der Waals surface area (Å²) in [5, 5.41) is 11.5. The molecule has 2 heterocycles. The highest BCUT2D eigenvalue weighted by molar-refractivity contribution is 6.29. The molecule has 0 radical (unpaired) electrons. The van der Waals surface area contributed by atoms with Gasteiger partial charge in [0, 0.05) is 12.6 Å². The number of rotatable bonds is 4. The highest BCUT2D eigenvalue weighted by Crippen LogP contribution is 2.39. The number of hydrogen-bond donors (Lipinski definition) is 1. The number of halogens is 1. The third kappa shape index (κ3) is 3.46. The Morgan fingerprint density at radius 3 is 2.32 bits per heavy atom. The van der Waals surface area contributed by atoms with E-state index in [0.717, 1.165) is 25.7 Å². The van der Waals surface area contributed by atoms with Gasteiger partial charge in [0.2, 0.25) is 5.95 Å². The molecule has 0 atom stereocenters. The van der Waals surface area contributed by atoms with Crippen LogP contribution >= 0.6 is 11.6 Å². The summed E-state index contributed by atoms with van der Waals surface area (Å²) in [6.07, 6.45) is 3.62. The van der Waals surface area contributed by atoms with Crippen molar-refractivity contribution in [3.63, 3.8) is 0 Å². The summed E-state index contributed by atoms with van der Waals surface area (Å²) in [5.41, 5.74) is 1.56. The third-order valence-corrected chi connectivity index (χ3v) is 6.10. The molecule has 1 aromatic carbocycles. The standard InChI is InChI=1S/C20H22ClN5O2/c1-12-16(21)24-25-19(22-12)23-13-7-9-20(2,10-8-13)11-26-17(27)14-5-3-4-6-15(14)18(26)28/h3-6,13H,7-11H2,1-2H3,(H,22,23,25). The van der Waals surface area contributed by atoms with Gasteiger partial charge in [-0.3, -0.25) is 14.5 Å². The number of nitrogens with zero attached hydrogens (tertiary/aromatic N) is 4. The van der Waals surface area contributed by atoms with Crippen LogP contribution in [-0.2, 0) is 0 Å². The fraction of sp³-hybridized carbons (Fsp3) is 0.450. The van der Waals surface area contributed by atoms with Crippen molar-refractivity contribution < 1.29 is 9.59 Å². The lowest BCUT2D eigenvalue weighted by Gasteiger charge is -2.39. The fourth-order valence-electron chi connectivity index (χ4n) is 4.02. The van der Waals surface area contributed by atoms with Gasteiger partial charge in [0.05, 0.1) is 16.8 Å². The van der Waals surface area contributed by atoms with Gasteiger partial charge in [0.25, 0.3) is 11.8 Å². The largest absolute Gasteiger partial charge is 0.350 e. The molecule has 8 heteroatoms. The van der Waals surface area contributed by atoms with Gasteiger partial charge >= 0.3 is 0 Å². The number of nitrogens with one attached hydrogen (secondary N) is 1. The van der Waals surface area contributed by atoms with Gasteiger partial charge in [0.15, 0.2) is 5.15 Å². The molecule has 1 saturated carbocycles. The Kier molecular flexibility index (Phi) is 4.79. The first-order chi connectivity index (χ1) is 13.4. The molecule has 2 amide bonds. The van der Waals surface area contributed by atoms with E-state index in [1.807, 2.05) is 0 Å². The number of fused-ring (bicyclic) bond motifs is 1. The monoisotopic (exact) mass is 399 g/mol. The predicted molar refractivity (Wildman–Crippen MR) is 105 cm³/mol. The first-order valence-corrected chi connectivity index (χ1v) is 9.83. The van der Waals surface area contributed by atoms with E-state index >= 15 is 0 Å². The van der Waals surface area contributed by atoms with Crippen molar-refractivity contribution in [2.24, 2.45) is 5.41 Å². The van der Waals surface area contributed by atoms with E-state index in [0.29, 0.717) is 34.5 Å². The van der Waals surface area contributed by atoms with E-state index < -0.39 is 0 Å². The second kappa shape index (κ2) is 7.13. The maximum Gasteiger partial charge on any atom is 0.261 e. The Morgan fingerprint density at radius 1 is 1.14 bits per heavy atom. The Hall–Kier alpha value is -2.54. The average Bonchev–Trinajstić information content (AvgIpc) is 2.92. The minimum atomic E-state index is -0.182. The van der Waals surface area contributed by atoms with Crippen LogP contribution in [0.25, 0.3) is 0 Å². The van der Waals surface area contributed by atoms with Gasteiger partial charge in [-0.25, -0.2) is 4.98 Å². The first kappa shape index (κ1) is 18.8. The lowest BCUT2D eigenvalue weighted by atomic mass is 9.73. The van der Waals surface area contributed by atoms with Crippen LogP contribution in [0.5, 0.6) is 0 Å². The van der Waals surface area contributed by atoms with Gasteiger partial charge < -0.3 is 5.32 Å². The van der Waals surface area contributed by atoms with Crippen molar-refractivity contribution in [3.05, 3.63) is 46.2 Å². The van der Waals surface area contributed by atoms with E-state index in [-0.39, 0.29) is 23.3 Å². The minimum Gasteiger partial charge on any atom is -0.350 e. The van der Waals surface area contributed by atoms with Gasteiger partial charge in [0.1, 0.15) is 0 Å². The molecule has 7 nitrogen and oxygen atoms in total. The third-order valence-electron chi connectivity index (χ3n) is 5.75. The maximum absolute atomic E-state index is 12.6. The normalized spacial score (nSPS) is 24.4. The Morgan fingerprint density at radius 2 is 1.75 bits per heavy atom. The topological polar surface area (TPSA) is 88.1 Å². The number of benzene rings is 1. The maximum atomic E-state index is 12.6. The van der Waals surface area contributed by atoms with Crippen LogP contribution in [0.4, 0.5) is 5.95 Å². The van der Waals surface area contributed by atoms with Crippen molar-refractivity contribution in [3.8, 4) is 0 Å². The quantitative estimate of drug-likeness (QED) is 0.791. The molecular weight excluding hydrogens is 378 g/mol. The van der Waals surface area contributed by atoms with E-state index in [2.05, 4.69) is 27.4 Å².